The Balaban J connectivity index is 2.10. The van der Waals surface area contributed by atoms with E-state index in [1.807, 2.05) is 0 Å². The van der Waals surface area contributed by atoms with E-state index < -0.39 is 16.0 Å². The van der Waals surface area contributed by atoms with Crippen LogP contribution in [0.2, 0.25) is 0 Å². The number of nitrogens with zero attached hydrogens (tertiary/aromatic N) is 2. The molecule has 0 amide bonds. The quantitative estimate of drug-likeness (QED) is 0.750. The molecule has 0 aliphatic carbocycles. The predicted molar refractivity (Wildman–Crippen MR) is 92.4 cm³/mol. The van der Waals surface area contributed by atoms with Crippen molar-refractivity contribution in [3.8, 4) is 0 Å². The molecule has 7 nitrogen and oxygen atoms in total. The van der Waals surface area contributed by atoms with Crippen LogP contribution in [0.5, 0.6) is 0 Å². The zero-order chi connectivity index (χ0) is 18.2. The number of sulfonamides is 1. The first-order valence-electron chi connectivity index (χ1n) is 7.57. The minimum absolute atomic E-state index is 0.0545. The maximum Gasteiger partial charge on any atom is 0.335 e. The fraction of sp³-hybridized carbons (Fsp3) is 0.176. The summed E-state index contributed by atoms with van der Waals surface area (Å²) >= 11 is 0. The monoisotopic (exact) mass is 360 g/mol. The summed E-state index contributed by atoms with van der Waals surface area (Å²) in [5.41, 5.74) is 1.44. The van der Waals surface area contributed by atoms with Crippen LogP contribution in [-0.2, 0) is 10.0 Å². The minimum Gasteiger partial charge on any atom is -0.478 e. The first-order valence-corrected chi connectivity index (χ1v) is 9.01. The molecule has 1 aromatic heterocycles. The molecule has 0 radical (unpaired) electrons. The number of aromatic nitrogens is 1. The molecule has 3 rings (SSSR count). The Labute approximate surface area is 144 Å². The Kier molecular flexibility index (Phi) is 4.22. The second kappa shape index (κ2) is 6.21. The largest absolute Gasteiger partial charge is 0.478 e. The third kappa shape index (κ3) is 2.96. The normalized spacial score (nSPS) is 11.6. The van der Waals surface area contributed by atoms with E-state index in [-0.39, 0.29) is 23.0 Å². The van der Waals surface area contributed by atoms with Gasteiger partial charge in [0.15, 0.2) is 5.58 Å². The number of fused-ring (bicyclic) bond motifs is 1. The van der Waals surface area contributed by atoms with Crippen LogP contribution in [0.4, 0.5) is 6.01 Å². The van der Waals surface area contributed by atoms with Crippen molar-refractivity contribution in [2.24, 2.45) is 0 Å². The van der Waals surface area contributed by atoms with Gasteiger partial charge in [-0.3, -0.25) is 0 Å². The number of carboxylic acid groups (broad SMARTS) is 1. The zero-order valence-electron chi connectivity index (χ0n) is 13.6. The van der Waals surface area contributed by atoms with E-state index in [2.05, 4.69) is 4.98 Å². The molecule has 3 aromatic rings. The highest BCUT2D eigenvalue weighted by Gasteiger charge is 2.28. The molecule has 130 valence electrons. The molecule has 0 fully saturated rings. The van der Waals surface area contributed by atoms with Gasteiger partial charge in [-0.05, 0) is 43.7 Å². The van der Waals surface area contributed by atoms with Crippen molar-refractivity contribution in [2.45, 2.75) is 18.7 Å². The van der Waals surface area contributed by atoms with Crippen LogP contribution in [0.15, 0.2) is 51.8 Å². The molecule has 2 aromatic carbocycles. The number of anilines is 1. The number of hydrogen-bond donors (Lipinski definition) is 1. The first kappa shape index (κ1) is 17.0. The molecule has 1 N–H and O–H groups in total. The van der Waals surface area contributed by atoms with Gasteiger partial charge in [-0.15, -0.1) is 0 Å². The van der Waals surface area contributed by atoms with E-state index in [1.54, 1.807) is 38.1 Å². The summed E-state index contributed by atoms with van der Waals surface area (Å²) in [6.45, 7) is 3.35. The number of aromatic carboxylic acids is 1. The van der Waals surface area contributed by atoms with E-state index in [4.69, 9.17) is 4.42 Å². The van der Waals surface area contributed by atoms with Crippen LogP contribution in [-0.4, -0.2) is 31.0 Å². The maximum atomic E-state index is 13.0. The van der Waals surface area contributed by atoms with Gasteiger partial charge in [0.05, 0.1) is 10.5 Å². The second-order valence-corrected chi connectivity index (χ2v) is 7.28. The summed E-state index contributed by atoms with van der Waals surface area (Å²) in [5, 5.41) is 9.22. The van der Waals surface area contributed by atoms with Crippen molar-refractivity contribution in [3.63, 3.8) is 0 Å². The molecular weight excluding hydrogens is 344 g/mol. The number of para-hydroxylation sites is 2. The molecule has 1 heterocycles. The summed E-state index contributed by atoms with van der Waals surface area (Å²) in [6.07, 6.45) is 0. The Morgan fingerprint density at radius 3 is 2.60 bits per heavy atom. The van der Waals surface area contributed by atoms with E-state index in [0.29, 0.717) is 16.7 Å². The number of rotatable bonds is 5. The van der Waals surface area contributed by atoms with Gasteiger partial charge in [-0.2, -0.15) is 4.98 Å². The Morgan fingerprint density at radius 1 is 1.24 bits per heavy atom. The molecule has 0 aliphatic heterocycles. The lowest BCUT2D eigenvalue weighted by molar-refractivity contribution is 0.0696. The van der Waals surface area contributed by atoms with Crippen LogP contribution in [0.3, 0.4) is 0 Å². The third-order valence-electron chi connectivity index (χ3n) is 3.81. The molecule has 0 saturated carbocycles. The lowest BCUT2D eigenvalue weighted by Gasteiger charge is -2.19. The molecule has 0 spiro atoms. The van der Waals surface area contributed by atoms with E-state index in [0.717, 1.165) is 10.4 Å². The Bertz CT molecular complexity index is 1020. The van der Waals surface area contributed by atoms with Gasteiger partial charge in [0.1, 0.15) is 5.52 Å². The van der Waals surface area contributed by atoms with Gasteiger partial charge in [-0.25, -0.2) is 17.5 Å². The molecule has 0 atom stereocenters. The average molecular weight is 360 g/mol. The van der Waals surface area contributed by atoms with Crippen LogP contribution in [0.1, 0.15) is 22.8 Å². The molecule has 0 aliphatic rings. The third-order valence-corrected chi connectivity index (χ3v) is 5.65. The molecule has 0 unspecified atom stereocenters. The number of benzene rings is 2. The highest BCUT2D eigenvalue weighted by atomic mass is 32.2. The van der Waals surface area contributed by atoms with Crippen LogP contribution in [0.25, 0.3) is 11.1 Å². The Morgan fingerprint density at radius 2 is 1.96 bits per heavy atom. The van der Waals surface area contributed by atoms with E-state index in [9.17, 15) is 18.3 Å². The van der Waals surface area contributed by atoms with Crippen molar-refractivity contribution in [1.29, 1.82) is 0 Å². The number of aryl methyl sites for hydroxylation is 1. The van der Waals surface area contributed by atoms with E-state index in [1.165, 1.54) is 12.1 Å². The highest BCUT2D eigenvalue weighted by molar-refractivity contribution is 7.92. The van der Waals surface area contributed by atoms with Gasteiger partial charge in [0.2, 0.25) is 0 Å². The standard InChI is InChI=1S/C17H16N2O5S/c1-3-19(17-18-14-6-4-5-7-15(14)24-17)25(22,23)12-9-8-11(2)13(10-12)16(20)21/h4-10H,3H2,1-2H3,(H,20,21). The highest BCUT2D eigenvalue weighted by Crippen LogP contribution is 2.27. The number of oxazole rings is 1. The Hall–Kier alpha value is -2.87. The van der Waals surface area contributed by atoms with Crippen molar-refractivity contribution in [1.82, 2.24) is 4.98 Å². The van der Waals surface area contributed by atoms with E-state index >= 15 is 0 Å². The number of hydrogen-bond acceptors (Lipinski definition) is 5. The molecule has 8 heteroatoms. The topological polar surface area (TPSA) is 101 Å². The van der Waals surface area contributed by atoms with Crippen molar-refractivity contribution >= 4 is 33.1 Å². The van der Waals surface area contributed by atoms with Crippen molar-refractivity contribution in [3.05, 3.63) is 53.6 Å². The van der Waals surface area contributed by atoms with Crippen LogP contribution in [0, 0.1) is 6.92 Å². The minimum atomic E-state index is -4.01. The number of carboxylic acids is 1. The fourth-order valence-electron chi connectivity index (χ4n) is 2.49. The molecule has 0 bridgehead atoms. The summed E-state index contributed by atoms with van der Waals surface area (Å²) in [5.74, 6) is -1.18. The number of carbonyl (C=O) groups is 1. The fourth-order valence-corrected chi connectivity index (χ4v) is 3.88. The molecular formula is C17H16N2O5S. The van der Waals surface area contributed by atoms with Gasteiger partial charge in [-0.1, -0.05) is 18.2 Å². The molecule has 25 heavy (non-hydrogen) atoms. The van der Waals surface area contributed by atoms with Gasteiger partial charge in [0.25, 0.3) is 10.0 Å². The van der Waals surface area contributed by atoms with Crippen LogP contribution < -0.4 is 4.31 Å². The second-order valence-electron chi connectivity index (χ2n) is 5.42. The van der Waals surface area contributed by atoms with Crippen molar-refractivity contribution in [2.75, 3.05) is 10.8 Å². The van der Waals surface area contributed by atoms with Gasteiger partial charge < -0.3 is 9.52 Å². The maximum absolute atomic E-state index is 13.0. The predicted octanol–water partition coefficient (Wildman–Crippen LogP) is 3.05. The summed E-state index contributed by atoms with van der Waals surface area (Å²) in [4.78, 5) is 15.4. The SMILES string of the molecule is CCN(c1nc2ccccc2o1)S(=O)(=O)c1ccc(C)c(C(=O)O)c1. The molecule has 0 saturated heterocycles. The van der Waals surface area contributed by atoms with Crippen molar-refractivity contribution < 1.29 is 22.7 Å². The van der Waals surface area contributed by atoms with Gasteiger partial charge >= 0.3 is 12.0 Å². The summed E-state index contributed by atoms with van der Waals surface area (Å²) in [6, 6.07) is 10.9. The summed E-state index contributed by atoms with van der Waals surface area (Å²) in [7, 11) is -4.01. The lowest BCUT2D eigenvalue weighted by atomic mass is 10.1. The average Bonchev–Trinajstić information content (AvgIpc) is 2.98. The van der Waals surface area contributed by atoms with Crippen LogP contribution >= 0.6 is 0 Å². The smallest absolute Gasteiger partial charge is 0.335 e. The van der Waals surface area contributed by atoms with Gasteiger partial charge in [0, 0.05) is 6.54 Å². The summed E-state index contributed by atoms with van der Waals surface area (Å²) < 4.78 is 32.5. The first-order chi connectivity index (χ1) is 11.8. The zero-order valence-corrected chi connectivity index (χ0v) is 14.4. The lowest BCUT2D eigenvalue weighted by Crippen LogP contribution is -2.31.